The van der Waals surface area contributed by atoms with E-state index in [9.17, 15) is 4.39 Å². The molecule has 0 bridgehead atoms. The Morgan fingerprint density at radius 3 is 2.53 bits per heavy atom. The Labute approximate surface area is 121 Å². The SMILES string of the molecule is CCCNC(CSC(C)(C)C)c1ccc(F)cc1C. The van der Waals surface area contributed by atoms with Gasteiger partial charge in [-0.3, -0.25) is 0 Å². The van der Waals surface area contributed by atoms with Crippen molar-refractivity contribution < 1.29 is 4.39 Å². The van der Waals surface area contributed by atoms with Crippen molar-refractivity contribution in [1.82, 2.24) is 5.32 Å². The fourth-order valence-electron chi connectivity index (χ4n) is 1.94. The summed E-state index contributed by atoms with van der Waals surface area (Å²) in [5.41, 5.74) is 2.25. The van der Waals surface area contributed by atoms with Crippen molar-refractivity contribution in [3.8, 4) is 0 Å². The van der Waals surface area contributed by atoms with Gasteiger partial charge in [0.1, 0.15) is 5.82 Å². The molecule has 19 heavy (non-hydrogen) atoms. The standard InChI is InChI=1S/C16H26FNS/c1-6-9-18-15(11-19-16(3,4)5)14-8-7-13(17)10-12(14)2/h7-8,10,15,18H,6,9,11H2,1-5H3. The molecule has 0 radical (unpaired) electrons. The number of halogens is 1. The van der Waals surface area contributed by atoms with Crippen molar-refractivity contribution in [2.24, 2.45) is 0 Å². The molecule has 1 atom stereocenters. The fourth-order valence-corrected chi connectivity index (χ4v) is 2.90. The van der Waals surface area contributed by atoms with E-state index in [0.717, 1.165) is 24.3 Å². The second-order valence-electron chi connectivity index (χ2n) is 5.93. The third kappa shape index (κ3) is 5.96. The first-order valence-corrected chi connectivity index (χ1v) is 7.95. The van der Waals surface area contributed by atoms with Gasteiger partial charge in [0.05, 0.1) is 0 Å². The molecule has 1 N–H and O–H groups in total. The van der Waals surface area contributed by atoms with Crippen LogP contribution in [0.4, 0.5) is 4.39 Å². The molecule has 0 aromatic heterocycles. The molecule has 1 aromatic carbocycles. The zero-order chi connectivity index (χ0) is 14.5. The number of rotatable bonds is 6. The van der Waals surface area contributed by atoms with Gasteiger partial charge in [0, 0.05) is 16.5 Å². The largest absolute Gasteiger partial charge is 0.309 e. The van der Waals surface area contributed by atoms with Crippen LogP contribution in [0, 0.1) is 12.7 Å². The minimum Gasteiger partial charge on any atom is -0.309 e. The molecule has 0 aliphatic heterocycles. The molecular formula is C16H26FNS. The first kappa shape index (κ1) is 16.5. The van der Waals surface area contributed by atoms with Crippen molar-refractivity contribution in [2.45, 2.75) is 51.8 Å². The lowest BCUT2D eigenvalue weighted by Gasteiger charge is -2.25. The molecule has 0 amide bonds. The van der Waals surface area contributed by atoms with Gasteiger partial charge in [-0.1, -0.05) is 33.8 Å². The minimum absolute atomic E-state index is 0.154. The van der Waals surface area contributed by atoms with E-state index in [-0.39, 0.29) is 10.6 Å². The first-order chi connectivity index (χ1) is 8.83. The highest BCUT2D eigenvalue weighted by atomic mass is 32.2. The van der Waals surface area contributed by atoms with Gasteiger partial charge in [0.25, 0.3) is 0 Å². The normalized spacial score (nSPS) is 13.6. The van der Waals surface area contributed by atoms with Gasteiger partial charge in [0.2, 0.25) is 0 Å². The topological polar surface area (TPSA) is 12.0 Å². The summed E-state index contributed by atoms with van der Waals surface area (Å²) in [5, 5.41) is 3.58. The molecule has 0 aliphatic rings. The summed E-state index contributed by atoms with van der Waals surface area (Å²) in [5.74, 6) is 0.856. The highest BCUT2D eigenvalue weighted by Crippen LogP contribution is 2.29. The molecule has 1 aromatic rings. The van der Waals surface area contributed by atoms with Gasteiger partial charge >= 0.3 is 0 Å². The van der Waals surface area contributed by atoms with Crippen LogP contribution in [0.3, 0.4) is 0 Å². The number of nitrogens with one attached hydrogen (secondary N) is 1. The van der Waals surface area contributed by atoms with Crippen LogP contribution in [0.25, 0.3) is 0 Å². The molecule has 0 saturated heterocycles. The van der Waals surface area contributed by atoms with E-state index in [1.807, 2.05) is 24.8 Å². The van der Waals surface area contributed by atoms with Gasteiger partial charge in [-0.15, -0.1) is 0 Å². The predicted molar refractivity (Wildman–Crippen MR) is 84.4 cm³/mol. The monoisotopic (exact) mass is 283 g/mol. The Morgan fingerprint density at radius 1 is 1.32 bits per heavy atom. The van der Waals surface area contributed by atoms with Crippen LogP contribution in [-0.4, -0.2) is 17.0 Å². The van der Waals surface area contributed by atoms with Crippen molar-refractivity contribution in [3.05, 3.63) is 35.1 Å². The molecular weight excluding hydrogens is 257 g/mol. The van der Waals surface area contributed by atoms with E-state index in [2.05, 4.69) is 33.0 Å². The zero-order valence-corrected chi connectivity index (χ0v) is 13.5. The van der Waals surface area contributed by atoms with Crippen molar-refractivity contribution in [1.29, 1.82) is 0 Å². The van der Waals surface area contributed by atoms with Crippen molar-refractivity contribution >= 4 is 11.8 Å². The van der Waals surface area contributed by atoms with E-state index < -0.39 is 0 Å². The van der Waals surface area contributed by atoms with Crippen LogP contribution >= 0.6 is 11.8 Å². The van der Waals surface area contributed by atoms with Crippen LogP contribution in [0.15, 0.2) is 18.2 Å². The van der Waals surface area contributed by atoms with Crippen LogP contribution in [0.1, 0.15) is 51.3 Å². The number of thioether (sulfide) groups is 1. The van der Waals surface area contributed by atoms with E-state index in [0.29, 0.717) is 6.04 Å². The smallest absolute Gasteiger partial charge is 0.123 e. The van der Waals surface area contributed by atoms with Crippen LogP contribution in [-0.2, 0) is 0 Å². The van der Waals surface area contributed by atoms with E-state index >= 15 is 0 Å². The molecule has 108 valence electrons. The van der Waals surface area contributed by atoms with Crippen LogP contribution in [0.5, 0.6) is 0 Å². The zero-order valence-electron chi connectivity index (χ0n) is 12.7. The first-order valence-electron chi connectivity index (χ1n) is 6.97. The second-order valence-corrected chi connectivity index (χ2v) is 7.78. The lowest BCUT2D eigenvalue weighted by molar-refractivity contribution is 0.569. The Balaban J connectivity index is 2.83. The fraction of sp³-hybridized carbons (Fsp3) is 0.625. The molecule has 3 heteroatoms. The van der Waals surface area contributed by atoms with Gasteiger partial charge in [-0.25, -0.2) is 4.39 Å². The summed E-state index contributed by atoms with van der Waals surface area (Å²) in [6.45, 7) is 11.8. The van der Waals surface area contributed by atoms with Gasteiger partial charge in [0.15, 0.2) is 0 Å². The molecule has 1 unspecified atom stereocenters. The van der Waals surface area contributed by atoms with Gasteiger partial charge in [-0.2, -0.15) is 11.8 Å². The summed E-state index contributed by atoms with van der Waals surface area (Å²) in [7, 11) is 0. The number of hydrogen-bond donors (Lipinski definition) is 1. The average Bonchev–Trinajstić information content (AvgIpc) is 2.29. The third-order valence-corrected chi connectivity index (χ3v) is 4.30. The summed E-state index contributed by atoms with van der Waals surface area (Å²) in [6.07, 6.45) is 1.11. The Hall–Kier alpha value is -0.540. The van der Waals surface area contributed by atoms with Gasteiger partial charge in [-0.05, 0) is 43.1 Å². The summed E-state index contributed by atoms with van der Waals surface area (Å²) in [4.78, 5) is 0. The van der Waals surface area contributed by atoms with Gasteiger partial charge < -0.3 is 5.32 Å². The Bertz CT molecular complexity index is 398. The molecule has 1 nitrogen and oxygen atoms in total. The Morgan fingerprint density at radius 2 is 2.00 bits per heavy atom. The highest BCUT2D eigenvalue weighted by molar-refractivity contribution is 8.00. The maximum atomic E-state index is 13.2. The highest BCUT2D eigenvalue weighted by Gasteiger charge is 2.18. The quantitative estimate of drug-likeness (QED) is 0.811. The average molecular weight is 283 g/mol. The lowest BCUT2D eigenvalue weighted by atomic mass is 10.0. The van der Waals surface area contributed by atoms with Crippen molar-refractivity contribution in [3.63, 3.8) is 0 Å². The van der Waals surface area contributed by atoms with Crippen LogP contribution in [0.2, 0.25) is 0 Å². The maximum absolute atomic E-state index is 13.2. The van der Waals surface area contributed by atoms with E-state index in [1.54, 1.807) is 12.1 Å². The third-order valence-electron chi connectivity index (χ3n) is 2.93. The Kier molecular flexibility index (Phi) is 6.34. The van der Waals surface area contributed by atoms with Crippen molar-refractivity contribution in [2.75, 3.05) is 12.3 Å². The predicted octanol–water partition coefficient (Wildman–Crippen LogP) is 4.71. The van der Waals surface area contributed by atoms with E-state index in [4.69, 9.17) is 0 Å². The maximum Gasteiger partial charge on any atom is 0.123 e. The van der Waals surface area contributed by atoms with Crippen LogP contribution < -0.4 is 5.32 Å². The molecule has 0 spiro atoms. The summed E-state index contributed by atoms with van der Waals surface area (Å²) in [6, 6.07) is 5.40. The molecule has 0 saturated carbocycles. The number of benzene rings is 1. The number of hydrogen-bond acceptors (Lipinski definition) is 2. The molecule has 1 rings (SSSR count). The lowest BCUT2D eigenvalue weighted by Crippen LogP contribution is -2.26. The van der Waals surface area contributed by atoms with E-state index in [1.165, 1.54) is 5.56 Å². The minimum atomic E-state index is -0.154. The molecule has 0 fully saturated rings. The second kappa shape index (κ2) is 7.30. The summed E-state index contributed by atoms with van der Waals surface area (Å²) >= 11 is 1.94. The number of aryl methyl sites for hydroxylation is 1. The molecule has 0 aliphatic carbocycles. The molecule has 0 heterocycles. The summed E-state index contributed by atoms with van der Waals surface area (Å²) < 4.78 is 13.5.